The number of nitrogens with zero attached hydrogens (tertiary/aromatic N) is 3. The van der Waals surface area contributed by atoms with Gasteiger partial charge in [-0.3, -0.25) is 4.79 Å². The van der Waals surface area contributed by atoms with Gasteiger partial charge in [0.05, 0.1) is 5.56 Å². The maximum absolute atomic E-state index is 14.7. The molecular formula is C23H20FN3O. The third-order valence-electron chi connectivity index (χ3n) is 6.15. The number of benzene rings is 2. The Hall–Kier alpha value is -3.08. The minimum absolute atomic E-state index is 0.0567. The molecule has 2 unspecified atom stereocenters. The highest BCUT2D eigenvalue weighted by Crippen LogP contribution is 2.59. The van der Waals surface area contributed by atoms with Crippen molar-refractivity contribution < 1.29 is 9.18 Å². The van der Waals surface area contributed by atoms with Crippen molar-refractivity contribution in [1.29, 1.82) is 0 Å². The third kappa shape index (κ3) is 2.70. The minimum Gasteiger partial charge on any atom is -0.337 e. The molecule has 1 aromatic heterocycles. The highest BCUT2D eigenvalue weighted by molar-refractivity contribution is 5.95. The molecule has 5 heteroatoms. The largest absolute Gasteiger partial charge is 0.337 e. The van der Waals surface area contributed by atoms with Crippen LogP contribution < -0.4 is 0 Å². The Morgan fingerprint density at radius 2 is 1.86 bits per heavy atom. The first-order chi connectivity index (χ1) is 13.6. The molecule has 1 aliphatic carbocycles. The third-order valence-corrected chi connectivity index (χ3v) is 6.15. The Kier molecular flexibility index (Phi) is 3.79. The summed E-state index contributed by atoms with van der Waals surface area (Å²) in [5.74, 6) is -0.258. The van der Waals surface area contributed by atoms with Gasteiger partial charge in [0.2, 0.25) is 0 Å². The number of rotatable bonds is 3. The molecule has 3 aromatic rings. The summed E-state index contributed by atoms with van der Waals surface area (Å²) >= 11 is 0. The van der Waals surface area contributed by atoms with Gasteiger partial charge in [0.1, 0.15) is 12.1 Å². The van der Waals surface area contributed by atoms with Crippen molar-refractivity contribution in [3.63, 3.8) is 0 Å². The molecule has 1 saturated carbocycles. The number of likely N-dealkylation sites (tertiary alicyclic amines) is 1. The number of piperidine rings is 1. The van der Waals surface area contributed by atoms with E-state index in [1.807, 2.05) is 0 Å². The van der Waals surface area contributed by atoms with Gasteiger partial charge in [0.15, 0.2) is 0 Å². The number of aromatic nitrogens is 2. The molecule has 5 rings (SSSR count). The summed E-state index contributed by atoms with van der Waals surface area (Å²) in [4.78, 5) is 22.7. The van der Waals surface area contributed by atoms with Gasteiger partial charge in [-0.05, 0) is 42.5 Å². The zero-order chi connectivity index (χ0) is 19.3. The van der Waals surface area contributed by atoms with Crippen molar-refractivity contribution in [2.45, 2.75) is 18.8 Å². The van der Waals surface area contributed by atoms with E-state index in [2.05, 4.69) is 41.2 Å². The standard InChI is InChI=1S/C23H20FN3O/c1-15-2-5-18(6-3-15)23-9-19(23)12-27(13-23)22(28)20-7-4-16(8-21(20)24)17-10-25-14-26-11-17/h2-8,10-11,14,19H,9,12-13H2,1H3. The maximum atomic E-state index is 14.7. The van der Waals surface area contributed by atoms with Gasteiger partial charge in [0.25, 0.3) is 5.91 Å². The quantitative estimate of drug-likeness (QED) is 0.697. The van der Waals surface area contributed by atoms with Gasteiger partial charge in [-0.15, -0.1) is 0 Å². The normalized spacial score (nSPS) is 22.8. The van der Waals surface area contributed by atoms with Gasteiger partial charge in [-0.25, -0.2) is 14.4 Å². The van der Waals surface area contributed by atoms with Crippen molar-refractivity contribution in [2.75, 3.05) is 13.1 Å². The summed E-state index contributed by atoms with van der Waals surface area (Å²) in [5.41, 5.74) is 4.09. The van der Waals surface area contributed by atoms with Crippen LogP contribution in [0.5, 0.6) is 0 Å². The van der Waals surface area contributed by atoms with Crippen LogP contribution in [0.2, 0.25) is 0 Å². The molecule has 0 bridgehead atoms. The van der Waals surface area contributed by atoms with Gasteiger partial charge >= 0.3 is 0 Å². The van der Waals surface area contributed by atoms with E-state index < -0.39 is 5.82 Å². The van der Waals surface area contributed by atoms with Crippen molar-refractivity contribution in [1.82, 2.24) is 14.9 Å². The molecule has 4 nitrogen and oxygen atoms in total. The van der Waals surface area contributed by atoms with E-state index in [1.54, 1.807) is 29.4 Å². The van der Waals surface area contributed by atoms with Crippen LogP contribution in [0.15, 0.2) is 61.2 Å². The number of halogens is 1. The van der Waals surface area contributed by atoms with Crippen molar-refractivity contribution in [3.8, 4) is 11.1 Å². The van der Waals surface area contributed by atoms with Gasteiger partial charge in [-0.2, -0.15) is 0 Å². The number of hydrogen-bond acceptors (Lipinski definition) is 3. The first kappa shape index (κ1) is 17.0. The number of aryl methyl sites for hydroxylation is 1. The number of hydrogen-bond donors (Lipinski definition) is 0. The van der Waals surface area contributed by atoms with Crippen molar-refractivity contribution in [3.05, 3.63) is 83.7 Å². The second-order valence-corrected chi connectivity index (χ2v) is 7.93. The molecule has 2 fully saturated rings. The molecule has 1 aliphatic heterocycles. The Labute approximate surface area is 163 Å². The lowest BCUT2D eigenvalue weighted by Gasteiger charge is -2.22. The zero-order valence-electron chi connectivity index (χ0n) is 15.6. The van der Waals surface area contributed by atoms with Gasteiger partial charge < -0.3 is 4.90 Å². The van der Waals surface area contributed by atoms with E-state index in [4.69, 9.17) is 0 Å². The average molecular weight is 373 g/mol. The number of fused-ring (bicyclic) bond motifs is 1. The Morgan fingerprint density at radius 3 is 2.57 bits per heavy atom. The van der Waals surface area contributed by atoms with Crippen LogP contribution in [0.25, 0.3) is 11.1 Å². The SMILES string of the molecule is Cc1ccc(C23CC2CN(C(=O)c2ccc(-c4cncnc4)cc2F)C3)cc1. The van der Waals surface area contributed by atoms with Crippen LogP contribution in [0.4, 0.5) is 4.39 Å². The monoisotopic (exact) mass is 373 g/mol. The van der Waals surface area contributed by atoms with E-state index in [-0.39, 0.29) is 16.9 Å². The molecule has 140 valence electrons. The molecule has 0 radical (unpaired) electrons. The Balaban J connectivity index is 1.37. The minimum atomic E-state index is -0.503. The number of amides is 1. The summed E-state index contributed by atoms with van der Waals surface area (Å²) in [5, 5.41) is 0. The molecule has 2 heterocycles. The molecule has 0 N–H and O–H groups in total. The van der Waals surface area contributed by atoms with Crippen LogP contribution >= 0.6 is 0 Å². The highest BCUT2D eigenvalue weighted by Gasteiger charge is 2.61. The van der Waals surface area contributed by atoms with Crippen LogP contribution in [0, 0.1) is 18.7 Å². The van der Waals surface area contributed by atoms with E-state index in [0.29, 0.717) is 24.6 Å². The summed E-state index contributed by atoms with van der Waals surface area (Å²) in [6.45, 7) is 3.43. The Morgan fingerprint density at radius 1 is 1.11 bits per heavy atom. The van der Waals surface area contributed by atoms with E-state index in [9.17, 15) is 9.18 Å². The predicted molar refractivity (Wildman–Crippen MR) is 104 cm³/mol. The lowest BCUT2D eigenvalue weighted by Crippen LogP contribution is -2.33. The second-order valence-electron chi connectivity index (χ2n) is 7.93. The maximum Gasteiger partial charge on any atom is 0.256 e. The molecular weight excluding hydrogens is 353 g/mol. The van der Waals surface area contributed by atoms with Crippen LogP contribution in [0.3, 0.4) is 0 Å². The lowest BCUT2D eigenvalue weighted by molar-refractivity contribution is 0.0767. The summed E-state index contributed by atoms with van der Waals surface area (Å²) in [6.07, 6.45) is 5.79. The zero-order valence-corrected chi connectivity index (χ0v) is 15.6. The molecule has 0 spiro atoms. The van der Waals surface area contributed by atoms with Crippen molar-refractivity contribution >= 4 is 5.91 Å². The van der Waals surface area contributed by atoms with Gasteiger partial charge in [-0.1, -0.05) is 35.9 Å². The molecule has 2 aromatic carbocycles. The van der Waals surface area contributed by atoms with Crippen LogP contribution in [0.1, 0.15) is 27.9 Å². The fourth-order valence-electron chi connectivity index (χ4n) is 4.46. The molecule has 1 saturated heterocycles. The number of carbonyl (C=O) groups excluding carboxylic acids is 1. The first-order valence-electron chi connectivity index (χ1n) is 9.48. The fraction of sp³-hybridized carbons (Fsp3) is 0.261. The molecule has 2 atom stereocenters. The average Bonchev–Trinajstić information content (AvgIpc) is 3.29. The first-order valence-corrected chi connectivity index (χ1v) is 9.48. The van der Waals surface area contributed by atoms with Crippen LogP contribution in [-0.4, -0.2) is 33.9 Å². The highest BCUT2D eigenvalue weighted by atomic mass is 19.1. The van der Waals surface area contributed by atoms with E-state index in [0.717, 1.165) is 12.0 Å². The summed E-state index contributed by atoms with van der Waals surface area (Å²) in [6, 6.07) is 13.3. The summed E-state index contributed by atoms with van der Waals surface area (Å²) in [7, 11) is 0. The fourth-order valence-corrected chi connectivity index (χ4v) is 4.46. The lowest BCUT2D eigenvalue weighted by atomic mass is 9.94. The topological polar surface area (TPSA) is 46.1 Å². The summed E-state index contributed by atoms with van der Waals surface area (Å²) < 4.78 is 14.7. The Bertz CT molecular complexity index is 1050. The van der Waals surface area contributed by atoms with Gasteiger partial charge in [0, 0.05) is 36.5 Å². The number of carbonyl (C=O) groups is 1. The molecule has 2 aliphatic rings. The smallest absolute Gasteiger partial charge is 0.256 e. The predicted octanol–water partition coefficient (Wildman–Crippen LogP) is 4.00. The van der Waals surface area contributed by atoms with Crippen LogP contribution in [-0.2, 0) is 5.41 Å². The molecule has 1 amide bonds. The second kappa shape index (κ2) is 6.23. The molecule has 28 heavy (non-hydrogen) atoms. The van der Waals surface area contributed by atoms with E-state index in [1.165, 1.54) is 23.5 Å². The van der Waals surface area contributed by atoms with Crippen molar-refractivity contribution in [2.24, 2.45) is 5.92 Å². The van der Waals surface area contributed by atoms with E-state index >= 15 is 0 Å².